The first kappa shape index (κ1) is 16.1. The van der Waals surface area contributed by atoms with E-state index in [4.69, 9.17) is 27.9 Å². The predicted molar refractivity (Wildman–Crippen MR) is 84.0 cm³/mol. The van der Waals surface area contributed by atoms with E-state index in [1.165, 1.54) is 6.07 Å². The lowest BCUT2D eigenvalue weighted by molar-refractivity contribution is -0.123. The maximum absolute atomic E-state index is 11.7. The van der Waals surface area contributed by atoms with E-state index < -0.39 is 11.8 Å². The fourth-order valence-electron chi connectivity index (χ4n) is 1.54. The van der Waals surface area contributed by atoms with Gasteiger partial charge in [-0.05, 0) is 24.3 Å². The van der Waals surface area contributed by atoms with Gasteiger partial charge in [0, 0.05) is 11.6 Å². The van der Waals surface area contributed by atoms with Crippen LogP contribution >= 0.6 is 23.2 Å². The van der Waals surface area contributed by atoms with Crippen LogP contribution in [0.2, 0.25) is 10.0 Å². The van der Waals surface area contributed by atoms with Gasteiger partial charge in [0.05, 0.1) is 10.0 Å². The first-order chi connectivity index (χ1) is 10.6. The van der Waals surface area contributed by atoms with Crippen molar-refractivity contribution in [3.8, 4) is 5.75 Å². The zero-order chi connectivity index (χ0) is 15.9. The van der Waals surface area contributed by atoms with Gasteiger partial charge in [-0.15, -0.1) is 0 Å². The zero-order valence-electron chi connectivity index (χ0n) is 11.3. The quantitative estimate of drug-likeness (QED) is 0.842. The van der Waals surface area contributed by atoms with Gasteiger partial charge in [0.25, 0.3) is 11.8 Å². The molecule has 0 saturated heterocycles. The minimum Gasteiger partial charge on any atom is -0.484 e. The van der Waals surface area contributed by atoms with Crippen LogP contribution in [0.25, 0.3) is 0 Å². The summed E-state index contributed by atoms with van der Waals surface area (Å²) in [5, 5.41) is 0.727. The lowest BCUT2D eigenvalue weighted by Gasteiger charge is -2.09. The van der Waals surface area contributed by atoms with Crippen molar-refractivity contribution in [1.82, 2.24) is 10.9 Å². The molecule has 0 spiro atoms. The van der Waals surface area contributed by atoms with Gasteiger partial charge in [0.2, 0.25) is 0 Å². The third kappa shape index (κ3) is 4.65. The molecule has 0 aromatic heterocycles. The Morgan fingerprint density at radius 1 is 0.955 bits per heavy atom. The van der Waals surface area contributed by atoms with E-state index in [2.05, 4.69) is 10.9 Å². The van der Waals surface area contributed by atoms with Gasteiger partial charge >= 0.3 is 0 Å². The summed E-state index contributed by atoms with van der Waals surface area (Å²) in [5.41, 5.74) is 4.98. The highest BCUT2D eigenvalue weighted by Crippen LogP contribution is 2.26. The van der Waals surface area contributed by atoms with E-state index in [0.29, 0.717) is 21.4 Å². The Balaban J connectivity index is 1.78. The molecule has 2 N–H and O–H groups in total. The Labute approximate surface area is 137 Å². The minimum absolute atomic E-state index is 0.271. The van der Waals surface area contributed by atoms with Crippen molar-refractivity contribution in [2.45, 2.75) is 0 Å². The molecule has 0 radical (unpaired) electrons. The van der Waals surface area contributed by atoms with Crippen molar-refractivity contribution in [2.24, 2.45) is 0 Å². The molecular weight excluding hydrogens is 327 g/mol. The molecule has 0 aliphatic heterocycles. The third-order valence-electron chi connectivity index (χ3n) is 2.61. The maximum Gasteiger partial charge on any atom is 0.276 e. The summed E-state index contributed by atoms with van der Waals surface area (Å²) >= 11 is 11.6. The predicted octanol–water partition coefficient (Wildman–Crippen LogP) is 2.83. The van der Waals surface area contributed by atoms with Crippen LogP contribution in [0.15, 0.2) is 48.5 Å². The number of carbonyl (C=O) groups excluding carboxylic acids is 2. The molecule has 0 bridgehead atoms. The fourth-order valence-corrected chi connectivity index (χ4v) is 1.83. The molecule has 2 amide bonds. The molecule has 0 aliphatic rings. The molecule has 0 fully saturated rings. The van der Waals surface area contributed by atoms with E-state index in [9.17, 15) is 9.59 Å². The van der Waals surface area contributed by atoms with E-state index in [1.54, 1.807) is 42.5 Å². The number of nitrogens with one attached hydrogen (secondary N) is 2. The molecule has 0 atom stereocenters. The number of rotatable bonds is 4. The Kier molecular flexibility index (Phi) is 5.63. The van der Waals surface area contributed by atoms with Gasteiger partial charge in [-0.3, -0.25) is 20.4 Å². The Hall–Kier alpha value is -2.24. The van der Waals surface area contributed by atoms with Gasteiger partial charge in [-0.2, -0.15) is 0 Å². The van der Waals surface area contributed by atoms with Gasteiger partial charge in [0.1, 0.15) is 5.75 Å². The number of hydrogen-bond donors (Lipinski definition) is 2. The van der Waals surface area contributed by atoms with E-state index in [0.717, 1.165) is 0 Å². The monoisotopic (exact) mass is 338 g/mol. The average molecular weight is 339 g/mol. The minimum atomic E-state index is -0.504. The van der Waals surface area contributed by atoms with Gasteiger partial charge < -0.3 is 4.74 Å². The van der Waals surface area contributed by atoms with E-state index >= 15 is 0 Å². The van der Waals surface area contributed by atoms with Crippen LogP contribution in [0.3, 0.4) is 0 Å². The van der Waals surface area contributed by atoms with E-state index in [1.807, 2.05) is 0 Å². The van der Waals surface area contributed by atoms with Gasteiger partial charge in [0.15, 0.2) is 6.61 Å². The molecule has 5 nitrogen and oxygen atoms in total. The van der Waals surface area contributed by atoms with Crippen LogP contribution in [0.4, 0.5) is 0 Å². The standard InChI is InChI=1S/C15H12Cl2N2O3/c16-12-7-6-11(8-13(12)17)22-9-14(20)18-19-15(21)10-4-2-1-3-5-10/h1-8H,9H2,(H,18,20)(H,19,21). The molecule has 2 aromatic rings. The second kappa shape index (κ2) is 7.68. The van der Waals surface area contributed by atoms with Crippen molar-refractivity contribution in [2.75, 3.05) is 6.61 Å². The largest absolute Gasteiger partial charge is 0.484 e. The summed E-state index contributed by atoms with van der Waals surface area (Å²) in [7, 11) is 0. The second-order valence-corrected chi connectivity index (χ2v) is 5.05. The fraction of sp³-hybridized carbons (Fsp3) is 0.0667. The Morgan fingerprint density at radius 2 is 1.68 bits per heavy atom. The number of benzene rings is 2. The Bertz CT molecular complexity index is 678. The van der Waals surface area contributed by atoms with Crippen molar-refractivity contribution >= 4 is 35.0 Å². The van der Waals surface area contributed by atoms with Crippen LogP contribution < -0.4 is 15.6 Å². The van der Waals surface area contributed by atoms with Crippen LogP contribution in [-0.2, 0) is 4.79 Å². The molecule has 2 aromatic carbocycles. The lowest BCUT2D eigenvalue weighted by atomic mass is 10.2. The maximum atomic E-state index is 11.7. The second-order valence-electron chi connectivity index (χ2n) is 4.23. The lowest BCUT2D eigenvalue weighted by Crippen LogP contribution is -2.43. The van der Waals surface area contributed by atoms with Crippen molar-refractivity contribution in [3.63, 3.8) is 0 Å². The van der Waals surface area contributed by atoms with Crippen LogP contribution in [0, 0.1) is 0 Å². The number of hydrazine groups is 1. The number of amides is 2. The highest BCUT2D eigenvalue weighted by atomic mass is 35.5. The summed E-state index contributed by atoms with van der Waals surface area (Å²) in [6.45, 7) is -0.271. The first-order valence-corrected chi connectivity index (χ1v) is 7.04. The first-order valence-electron chi connectivity index (χ1n) is 6.28. The molecule has 114 valence electrons. The summed E-state index contributed by atoms with van der Waals surface area (Å²) < 4.78 is 5.24. The molecule has 0 heterocycles. The summed E-state index contributed by atoms with van der Waals surface area (Å²) in [5.74, 6) is -0.516. The number of hydrogen-bond acceptors (Lipinski definition) is 3. The highest BCUT2D eigenvalue weighted by molar-refractivity contribution is 6.42. The van der Waals surface area contributed by atoms with Gasteiger partial charge in [-0.1, -0.05) is 41.4 Å². The molecule has 22 heavy (non-hydrogen) atoms. The molecule has 0 unspecified atom stereocenters. The molecule has 7 heteroatoms. The van der Waals surface area contributed by atoms with Crippen molar-refractivity contribution < 1.29 is 14.3 Å². The molecule has 0 aliphatic carbocycles. The summed E-state index contributed by atoms with van der Waals surface area (Å²) in [6, 6.07) is 13.2. The van der Waals surface area contributed by atoms with E-state index in [-0.39, 0.29) is 6.61 Å². The number of halogens is 2. The Morgan fingerprint density at radius 3 is 2.36 bits per heavy atom. The van der Waals surface area contributed by atoms with Crippen LogP contribution in [-0.4, -0.2) is 18.4 Å². The zero-order valence-corrected chi connectivity index (χ0v) is 12.8. The van der Waals surface area contributed by atoms with Crippen LogP contribution in [0.5, 0.6) is 5.75 Å². The summed E-state index contributed by atoms with van der Waals surface area (Å²) in [6.07, 6.45) is 0. The molecule has 0 saturated carbocycles. The normalized spacial score (nSPS) is 9.91. The highest BCUT2D eigenvalue weighted by Gasteiger charge is 2.08. The topological polar surface area (TPSA) is 67.4 Å². The SMILES string of the molecule is O=C(COc1ccc(Cl)c(Cl)c1)NNC(=O)c1ccccc1. The number of ether oxygens (including phenoxy) is 1. The molecule has 2 rings (SSSR count). The number of carbonyl (C=O) groups is 2. The third-order valence-corrected chi connectivity index (χ3v) is 3.35. The van der Waals surface area contributed by atoms with Crippen molar-refractivity contribution in [1.29, 1.82) is 0 Å². The summed E-state index contributed by atoms with van der Waals surface area (Å²) in [4.78, 5) is 23.3. The average Bonchev–Trinajstić information content (AvgIpc) is 2.54. The van der Waals surface area contributed by atoms with Crippen LogP contribution in [0.1, 0.15) is 10.4 Å². The van der Waals surface area contributed by atoms with Crippen molar-refractivity contribution in [3.05, 3.63) is 64.1 Å². The smallest absolute Gasteiger partial charge is 0.276 e. The van der Waals surface area contributed by atoms with Gasteiger partial charge in [-0.25, -0.2) is 0 Å². The molecular formula is C15H12Cl2N2O3.